The summed E-state index contributed by atoms with van der Waals surface area (Å²) in [7, 11) is 0. The highest BCUT2D eigenvalue weighted by atomic mass is 32.1. The lowest BCUT2D eigenvalue weighted by Gasteiger charge is -2.38. The van der Waals surface area contributed by atoms with E-state index in [1.165, 1.54) is 49.9 Å². The van der Waals surface area contributed by atoms with Gasteiger partial charge in [0.15, 0.2) is 0 Å². The number of hydrogen-bond acceptors (Lipinski definition) is 3. The van der Waals surface area contributed by atoms with Crippen molar-refractivity contribution in [1.82, 2.24) is 4.90 Å². The number of rotatable bonds is 5. The van der Waals surface area contributed by atoms with Crippen molar-refractivity contribution >= 4 is 11.3 Å². The SMILES string of the molecule is CCC(N)C(c1cccs1)N1CCCC1C1CCCC1. The molecule has 1 saturated carbocycles. The summed E-state index contributed by atoms with van der Waals surface area (Å²) >= 11 is 1.88. The Labute approximate surface area is 127 Å². The predicted octanol–water partition coefficient (Wildman–Crippen LogP) is 4.18. The molecule has 1 aliphatic carbocycles. The van der Waals surface area contributed by atoms with Gasteiger partial charge < -0.3 is 5.73 Å². The molecule has 3 rings (SSSR count). The van der Waals surface area contributed by atoms with Crippen LogP contribution >= 0.6 is 11.3 Å². The van der Waals surface area contributed by atoms with E-state index in [4.69, 9.17) is 5.73 Å². The van der Waals surface area contributed by atoms with Crippen LogP contribution in [0.15, 0.2) is 17.5 Å². The van der Waals surface area contributed by atoms with Crippen LogP contribution in [-0.2, 0) is 0 Å². The predicted molar refractivity (Wildman–Crippen MR) is 87.0 cm³/mol. The first-order valence-corrected chi connectivity index (χ1v) is 9.24. The van der Waals surface area contributed by atoms with E-state index >= 15 is 0 Å². The van der Waals surface area contributed by atoms with E-state index in [2.05, 4.69) is 29.3 Å². The van der Waals surface area contributed by atoms with Crippen LogP contribution in [0.4, 0.5) is 0 Å². The Balaban J connectivity index is 1.82. The van der Waals surface area contributed by atoms with E-state index in [1.807, 2.05) is 11.3 Å². The Kier molecular flexibility index (Phi) is 4.79. The summed E-state index contributed by atoms with van der Waals surface area (Å²) in [5.41, 5.74) is 6.51. The number of nitrogens with two attached hydrogens (primary N) is 1. The topological polar surface area (TPSA) is 29.3 Å². The van der Waals surface area contributed by atoms with Crippen LogP contribution in [0.1, 0.15) is 62.8 Å². The molecule has 0 bridgehead atoms. The molecule has 3 heteroatoms. The van der Waals surface area contributed by atoms with Gasteiger partial charge in [0.05, 0.1) is 6.04 Å². The van der Waals surface area contributed by atoms with Gasteiger partial charge in [-0.1, -0.05) is 25.8 Å². The average molecular weight is 292 g/mol. The average Bonchev–Trinajstić information content (AvgIpc) is 3.20. The van der Waals surface area contributed by atoms with Gasteiger partial charge in [0, 0.05) is 17.0 Å². The van der Waals surface area contributed by atoms with Crippen molar-refractivity contribution in [3.05, 3.63) is 22.4 Å². The summed E-state index contributed by atoms with van der Waals surface area (Å²) in [5.74, 6) is 0.934. The van der Waals surface area contributed by atoms with Gasteiger partial charge >= 0.3 is 0 Å². The standard InChI is InChI=1S/C17H28N2S/c1-2-14(18)17(16-10-6-12-20-16)19-11-5-9-15(19)13-7-3-4-8-13/h6,10,12-15,17H,2-5,7-9,11,18H2,1H3. The Morgan fingerprint density at radius 1 is 1.30 bits per heavy atom. The number of likely N-dealkylation sites (tertiary alicyclic amines) is 1. The van der Waals surface area contributed by atoms with Crippen LogP contribution in [0, 0.1) is 5.92 Å². The van der Waals surface area contributed by atoms with Crippen LogP contribution < -0.4 is 5.73 Å². The molecule has 1 aromatic heterocycles. The van der Waals surface area contributed by atoms with Crippen molar-refractivity contribution in [1.29, 1.82) is 0 Å². The van der Waals surface area contributed by atoms with E-state index in [0.29, 0.717) is 6.04 Å². The lowest BCUT2D eigenvalue weighted by atomic mass is 9.93. The van der Waals surface area contributed by atoms with Crippen LogP contribution in [0.25, 0.3) is 0 Å². The fourth-order valence-corrected chi connectivity index (χ4v) is 5.23. The second-order valence-corrected chi connectivity index (χ2v) is 7.50. The zero-order chi connectivity index (χ0) is 13.9. The Morgan fingerprint density at radius 2 is 2.10 bits per heavy atom. The summed E-state index contributed by atoms with van der Waals surface area (Å²) in [5, 5.41) is 2.20. The van der Waals surface area contributed by atoms with Crippen molar-refractivity contribution in [2.75, 3.05) is 6.54 Å². The summed E-state index contributed by atoms with van der Waals surface area (Å²) < 4.78 is 0. The van der Waals surface area contributed by atoms with E-state index in [-0.39, 0.29) is 6.04 Å². The Bertz CT molecular complexity index is 397. The van der Waals surface area contributed by atoms with Crippen LogP contribution in [0.2, 0.25) is 0 Å². The summed E-state index contributed by atoms with van der Waals surface area (Å²) in [4.78, 5) is 4.25. The molecule has 0 spiro atoms. The highest BCUT2D eigenvalue weighted by Crippen LogP contribution is 2.41. The molecule has 2 fully saturated rings. The lowest BCUT2D eigenvalue weighted by Crippen LogP contribution is -2.45. The highest BCUT2D eigenvalue weighted by Gasteiger charge is 2.39. The normalized spacial score (nSPS) is 28.0. The fourth-order valence-electron chi connectivity index (χ4n) is 4.31. The molecule has 2 heterocycles. The third-order valence-electron chi connectivity index (χ3n) is 5.36. The molecule has 112 valence electrons. The van der Waals surface area contributed by atoms with Crippen molar-refractivity contribution in [2.45, 2.75) is 70.0 Å². The van der Waals surface area contributed by atoms with Crippen molar-refractivity contribution < 1.29 is 0 Å². The van der Waals surface area contributed by atoms with E-state index in [0.717, 1.165) is 18.4 Å². The first-order chi connectivity index (χ1) is 9.81. The van der Waals surface area contributed by atoms with E-state index in [9.17, 15) is 0 Å². The van der Waals surface area contributed by atoms with Gasteiger partial charge in [-0.2, -0.15) is 0 Å². The zero-order valence-electron chi connectivity index (χ0n) is 12.6. The maximum Gasteiger partial charge on any atom is 0.0595 e. The van der Waals surface area contributed by atoms with Gasteiger partial charge in [-0.25, -0.2) is 0 Å². The summed E-state index contributed by atoms with van der Waals surface area (Å²) in [6.07, 6.45) is 9.59. The van der Waals surface area contributed by atoms with Gasteiger partial charge in [0.2, 0.25) is 0 Å². The fraction of sp³-hybridized carbons (Fsp3) is 0.765. The van der Waals surface area contributed by atoms with Gasteiger partial charge in [0.25, 0.3) is 0 Å². The van der Waals surface area contributed by atoms with Crippen molar-refractivity contribution in [2.24, 2.45) is 11.7 Å². The van der Waals surface area contributed by atoms with Crippen molar-refractivity contribution in [3.8, 4) is 0 Å². The monoisotopic (exact) mass is 292 g/mol. The van der Waals surface area contributed by atoms with E-state index < -0.39 is 0 Å². The molecule has 2 N–H and O–H groups in total. The van der Waals surface area contributed by atoms with Crippen LogP contribution in [0.5, 0.6) is 0 Å². The molecular weight excluding hydrogens is 264 g/mol. The van der Waals surface area contributed by atoms with Crippen LogP contribution in [-0.4, -0.2) is 23.5 Å². The molecule has 0 amide bonds. The quantitative estimate of drug-likeness (QED) is 0.882. The molecular formula is C17H28N2S. The maximum atomic E-state index is 6.51. The maximum absolute atomic E-state index is 6.51. The minimum absolute atomic E-state index is 0.274. The third kappa shape index (κ3) is 2.81. The summed E-state index contributed by atoms with van der Waals surface area (Å²) in [6, 6.07) is 5.98. The van der Waals surface area contributed by atoms with Crippen LogP contribution in [0.3, 0.4) is 0 Å². The minimum Gasteiger partial charge on any atom is -0.326 e. The molecule has 3 atom stereocenters. The number of thiophene rings is 1. The molecule has 0 aromatic carbocycles. The summed E-state index contributed by atoms with van der Waals surface area (Å²) in [6.45, 7) is 3.48. The Hall–Kier alpha value is -0.380. The van der Waals surface area contributed by atoms with E-state index in [1.54, 1.807) is 0 Å². The molecule has 1 saturated heterocycles. The third-order valence-corrected chi connectivity index (χ3v) is 6.30. The lowest BCUT2D eigenvalue weighted by molar-refractivity contribution is 0.117. The molecule has 1 aromatic rings. The number of hydrogen-bond donors (Lipinski definition) is 1. The minimum atomic E-state index is 0.274. The largest absolute Gasteiger partial charge is 0.326 e. The molecule has 0 radical (unpaired) electrons. The zero-order valence-corrected chi connectivity index (χ0v) is 13.4. The molecule has 2 aliphatic rings. The highest BCUT2D eigenvalue weighted by molar-refractivity contribution is 7.10. The second-order valence-electron chi connectivity index (χ2n) is 6.52. The smallest absolute Gasteiger partial charge is 0.0595 e. The van der Waals surface area contributed by atoms with Gasteiger partial charge in [-0.15, -0.1) is 11.3 Å². The van der Waals surface area contributed by atoms with Crippen molar-refractivity contribution in [3.63, 3.8) is 0 Å². The Morgan fingerprint density at radius 3 is 2.75 bits per heavy atom. The van der Waals surface area contributed by atoms with Gasteiger partial charge in [0.1, 0.15) is 0 Å². The molecule has 2 nitrogen and oxygen atoms in total. The molecule has 20 heavy (non-hydrogen) atoms. The first kappa shape index (κ1) is 14.6. The molecule has 1 aliphatic heterocycles. The second kappa shape index (κ2) is 6.59. The van der Waals surface area contributed by atoms with Gasteiger partial charge in [-0.3, -0.25) is 4.90 Å². The number of nitrogens with zero attached hydrogens (tertiary/aromatic N) is 1. The van der Waals surface area contributed by atoms with Gasteiger partial charge in [-0.05, 0) is 56.0 Å². The molecule has 3 unspecified atom stereocenters. The first-order valence-electron chi connectivity index (χ1n) is 8.36.